The van der Waals surface area contributed by atoms with Gasteiger partial charge in [-0.25, -0.2) is 9.13 Å². The summed E-state index contributed by atoms with van der Waals surface area (Å²) >= 11 is 0. The highest BCUT2D eigenvalue weighted by molar-refractivity contribution is 7.47. The summed E-state index contributed by atoms with van der Waals surface area (Å²) in [6, 6.07) is 0. The number of carbonyl (C=O) groups is 4. The third-order valence-electron chi connectivity index (χ3n) is 18.6. The summed E-state index contributed by atoms with van der Waals surface area (Å²) in [6.45, 7) is 9.68. The van der Waals surface area contributed by atoms with Crippen molar-refractivity contribution in [1.82, 2.24) is 0 Å². The number of hydrogen-bond donors (Lipinski definition) is 3. The first-order chi connectivity index (χ1) is 46.9. The van der Waals surface area contributed by atoms with E-state index in [-0.39, 0.29) is 25.7 Å². The molecule has 0 aromatic carbocycles. The molecular formula is C78H152O17P2. The van der Waals surface area contributed by atoms with Crippen molar-refractivity contribution in [3.05, 3.63) is 0 Å². The molecule has 19 heteroatoms. The van der Waals surface area contributed by atoms with Gasteiger partial charge in [0.2, 0.25) is 0 Å². The molecule has 0 aliphatic heterocycles. The first kappa shape index (κ1) is 95.1. The number of unbranched alkanes of at least 4 members (excludes halogenated alkanes) is 46. The Bertz CT molecular complexity index is 1870. The standard InChI is InChI=1S/C78H152O17P2/c1-7-10-12-14-16-18-20-21-25-32-38-44-50-56-62-77(82)94-73(66-88-75(80)60-54-48-42-36-19-17-15-13-11-8-2)68-92-96(84,85)90-64-72(79)65-91-97(86,87)93-69-74(67-89-76(81)61-55-49-43-37-31-28-27-29-34-40-46-52-58-70(4)5)95-78(83)63-57-51-45-39-33-26-23-22-24-30-35-41-47-53-59-71(6)9-3/h70-74,79H,7-69H2,1-6H3,(H,84,85)(H,86,87)/t71?,72-,73+,74+/m0/s1. The van der Waals surface area contributed by atoms with Crippen LogP contribution in [0.25, 0.3) is 0 Å². The number of rotatable bonds is 77. The van der Waals surface area contributed by atoms with Crippen LogP contribution in [0.5, 0.6) is 0 Å². The van der Waals surface area contributed by atoms with Gasteiger partial charge in [0.25, 0.3) is 0 Å². The molecule has 576 valence electrons. The Morgan fingerprint density at radius 2 is 0.526 bits per heavy atom. The summed E-state index contributed by atoms with van der Waals surface area (Å²) in [5, 5.41) is 10.6. The van der Waals surface area contributed by atoms with E-state index < -0.39 is 97.5 Å². The second-order valence-corrected chi connectivity index (χ2v) is 31.7. The minimum Gasteiger partial charge on any atom is -0.462 e. The molecule has 0 heterocycles. The first-order valence-corrected chi connectivity index (χ1v) is 43.5. The molecule has 3 N–H and O–H groups in total. The van der Waals surface area contributed by atoms with E-state index in [9.17, 15) is 43.2 Å². The van der Waals surface area contributed by atoms with Gasteiger partial charge in [-0.2, -0.15) is 0 Å². The van der Waals surface area contributed by atoms with Crippen LogP contribution < -0.4 is 0 Å². The Balaban J connectivity index is 5.25. The summed E-state index contributed by atoms with van der Waals surface area (Å²) in [4.78, 5) is 72.9. The SMILES string of the molecule is CCCCCCCCCCCCCCCCC(=O)O[C@H](COC(=O)CCCCCCCCCCCC)COP(=O)(O)OC[C@H](O)COP(=O)(O)OC[C@@H](COC(=O)CCCCCCCCCCCCCCC(C)C)OC(=O)CCCCCCCCCCCCCCCCC(C)CC. The molecule has 0 aromatic heterocycles. The van der Waals surface area contributed by atoms with Crippen LogP contribution >= 0.6 is 15.6 Å². The van der Waals surface area contributed by atoms with Crippen molar-refractivity contribution in [1.29, 1.82) is 0 Å². The topological polar surface area (TPSA) is 237 Å². The summed E-state index contributed by atoms with van der Waals surface area (Å²) < 4.78 is 68.6. The van der Waals surface area contributed by atoms with E-state index in [2.05, 4.69) is 41.5 Å². The number of aliphatic hydroxyl groups excluding tert-OH is 1. The lowest BCUT2D eigenvalue weighted by Gasteiger charge is -2.21. The van der Waals surface area contributed by atoms with E-state index in [4.69, 9.17) is 37.0 Å². The van der Waals surface area contributed by atoms with Crippen LogP contribution in [0, 0.1) is 11.8 Å². The Morgan fingerprint density at radius 3 is 0.784 bits per heavy atom. The van der Waals surface area contributed by atoms with Crippen molar-refractivity contribution >= 4 is 39.5 Å². The summed E-state index contributed by atoms with van der Waals surface area (Å²) in [5.41, 5.74) is 0. The highest BCUT2D eigenvalue weighted by atomic mass is 31.2. The van der Waals surface area contributed by atoms with Crippen molar-refractivity contribution < 1.29 is 80.2 Å². The molecule has 0 aliphatic rings. The van der Waals surface area contributed by atoms with Gasteiger partial charge < -0.3 is 33.8 Å². The van der Waals surface area contributed by atoms with E-state index in [1.807, 2.05) is 0 Å². The molecule has 0 amide bonds. The summed E-state index contributed by atoms with van der Waals surface area (Å²) in [5.74, 6) is -0.483. The van der Waals surface area contributed by atoms with E-state index in [1.165, 1.54) is 225 Å². The highest BCUT2D eigenvalue weighted by Crippen LogP contribution is 2.45. The summed E-state index contributed by atoms with van der Waals surface area (Å²) in [6.07, 6.45) is 58.0. The molecule has 6 atom stereocenters. The van der Waals surface area contributed by atoms with Crippen LogP contribution in [-0.2, 0) is 65.4 Å². The second kappa shape index (κ2) is 69.8. The Labute approximate surface area is 594 Å². The first-order valence-electron chi connectivity index (χ1n) is 40.5. The number of phosphoric ester groups is 2. The average Bonchev–Trinajstić information content (AvgIpc) is 3.77. The number of ether oxygens (including phenoxy) is 4. The molecule has 0 bridgehead atoms. The molecule has 17 nitrogen and oxygen atoms in total. The minimum absolute atomic E-state index is 0.108. The van der Waals surface area contributed by atoms with Crippen LogP contribution in [0.1, 0.15) is 408 Å². The molecule has 0 aromatic rings. The fourth-order valence-corrected chi connectivity index (χ4v) is 13.6. The second-order valence-electron chi connectivity index (χ2n) is 28.8. The van der Waals surface area contributed by atoms with Crippen LogP contribution in [-0.4, -0.2) is 96.7 Å². The van der Waals surface area contributed by atoms with Gasteiger partial charge in [-0.1, -0.05) is 356 Å². The van der Waals surface area contributed by atoms with Gasteiger partial charge in [-0.3, -0.25) is 37.3 Å². The van der Waals surface area contributed by atoms with E-state index >= 15 is 0 Å². The maximum atomic E-state index is 13.1. The number of aliphatic hydroxyl groups is 1. The molecule has 0 saturated carbocycles. The number of phosphoric acid groups is 2. The Morgan fingerprint density at radius 1 is 0.299 bits per heavy atom. The zero-order chi connectivity index (χ0) is 71.4. The molecule has 3 unspecified atom stereocenters. The Kier molecular flexibility index (Phi) is 68.4. The van der Waals surface area contributed by atoms with Gasteiger partial charge in [0.1, 0.15) is 19.3 Å². The van der Waals surface area contributed by atoms with Gasteiger partial charge in [0, 0.05) is 25.7 Å². The zero-order valence-electron chi connectivity index (χ0n) is 63.4. The summed E-state index contributed by atoms with van der Waals surface area (Å²) in [7, 11) is -9.91. The molecule has 0 rings (SSSR count). The molecular weight excluding hydrogens is 1270 g/mol. The lowest BCUT2D eigenvalue weighted by molar-refractivity contribution is -0.161. The van der Waals surface area contributed by atoms with Gasteiger partial charge in [0.15, 0.2) is 12.2 Å². The van der Waals surface area contributed by atoms with Crippen LogP contribution in [0.4, 0.5) is 0 Å². The van der Waals surface area contributed by atoms with E-state index in [0.29, 0.717) is 25.7 Å². The quantitative estimate of drug-likeness (QED) is 0.0222. The predicted octanol–water partition coefficient (Wildman–Crippen LogP) is 23.1. The predicted molar refractivity (Wildman–Crippen MR) is 395 cm³/mol. The number of hydrogen-bond acceptors (Lipinski definition) is 15. The fraction of sp³-hybridized carbons (Fsp3) is 0.949. The number of esters is 4. The van der Waals surface area contributed by atoms with Gasteiger partial charge >= 0.3 is 39.5 Å². The van der Waals surface area contributed by atoms with Gasteiger partial charge in [0.05, 0.1) is 26.4 Å². The maximum Gasteiger partial charge on any atom is 0.472 e. The lowest BCUT2D eigenvalue weighted by atomic mass is 9.99. The van der Waals surface area contributed by atoms with E-state index in [0.717, 1.165) is 102 Å². The maximum absolute atomic E-state index is 13.1. The van der Waals surface area contributed by atoms with Crippen molar-refractivity contribution in [3.63, 3.8) is 0 Å². The van der Waals surface area contributed by atoms with E-state index in [1.54, 1.807) is 0 Å². The molecule has 0 fully saturated rings. The van der Waals surface area contributed by atoms with Crippen molar-refractivity contribution in [2.75, 3.05) is 39.6 Å². The van der Waals surface area contributed by atoms with Crippen LogP contribution in [0.15, 0.2) is 0 Å². The third kappa shape index (κ3) is 70.9. The zero-order valence-corrected chi connectivity index (χ0v) is 65.2. The smallest absolute Gasteiger partial charge is 0.462 e. The molecule has 0 aliphatic carbocycles. The van der Waals surface area contributed by atoms with Crippen molar-refractivity contribution in [3.8, 4) is 0 Å². The molecule has 0 spiro atoms. The largest absolute Gasteiger partial charge is 0.472 e. The molecule has 0 radical (unpaired) electrons. The average molecular weight is 1420 g/mol. The van der Waals surface area contributed by atoms with Crippen molar-refractivity contribution in [2.24, 2.45) is 11.8 Å². The fourth-order valence-electron chi connectivity index (χ4n) is 12.0. The van der Waals surface area contributed by atoms with Gasteiger partial charge in [-0.15, -0.1) is 0 Å². The molecule has 0 saturated heterocycles. The van der Waals surface area contributed by atoms with Gasteiger partial charge in [-0.05, 0) is 37.5 Å². The third-order valence-corrected chi connectivity index (χ3v) is 20.5. The number of carbonyl (C=O) groups excluding carboxylic acids is 4. The highest BCUT2D eigenvalue weighted by Gasteiger charge is 2.30. The lowest BCUT2D eigenvalue weighted by Crippen LogP contribution is -2.30. The normalized spacial score (nSPS) is 14.2. The monoisotopic (exact) mass is 1420 g/mol. The van der Waals surface area contributed by atoms with Crippen LogP contribution in [0.3, 0.4) is 0 Å². The van der Waals surface area contributed by atoms with Crippen molar-refractivity contribution in [2.45, 2.75) is 426 Å². The minimum atomic E-state index is -4.96. The van der Waals surface area contributed by atoms with Crippen LogP contribution in [0.2, 0.25) is 0 Å². The molecule has 97 heavy (non-hydrogen) atoms. The Hall–Kier alpha value is -1.94.